The Balaban J connectivity index is 1.81. The molecule has 1 aliphatic rings. The number of fused-ring (bicyclic) bond motifs is 3. The Morgan fingerprint density at radius 2 is 2.13 bits per heavy atom. The molecule has 1 fully saturated rings. The number of rotatable bonds is 2. The fourth-order valence-electron chi connectivity index (χ4n) is 4.04. The Labute approximate surface area is 177 Å². The Bertz CT molecular complexity index is 1210. The number of amides is 1. The number of aromatic amines is 1. The first-order valence-corrected chi connectivity index (χ1v) is 10.3. The summed E-state index contributed by atoms with van der Waals surface area (Å²) in [7, 11) is 0. The van der Waals surface area contributed by atoms with Gasteiger partial charge in [0.05, 0.1) is 0 Å². The van der Waals surface area contributed by atoms with Gasteiger partial charge in [0.1, 0.15) is 0 Å². The van der Waals surface area contributed by atoms with Crippen molar-refractivity contribution in [3.8, 4) is 11.8 Å². The van der Waals surface area contributed by atoms with Gasteiger partial charge in [0.15, 0.2) is 0 Å². The summed E-state index contributed by atoms with van der Waals surface area (Å²) < 4.78 is 5.61. The average molecular weight is 399 g/mol. The van der Waals surface area contributed by atoms with Gasteiger partial charge >= 0.3 is 157 Å². The van der Waals surface area contributed by atoms with Crippen LogP contribution in [0.25, 0.3) is 21.8 Å². The average Bonchev–Trinajstić information content (AvgIpc) is 3.33. The van der Waals surface area contributed by atoms with Gasteiger partial charge in [0.2, 0.25) is 0 Å². The van der Waals surface area contributed by atoms with Crippen molar-refractivity contribution < 1.29 is 9.53 Å². The fraction of sp³-hybridized carbons (Fsp3) is 0.375. The number of carbonyl (C=O) groups is 1. The Morgan fingerprint density at radius 3 is 2.83 bits per heavy atom. The van der Waals surface area contributed by atoms with Crippen LogP contribution in [0.2, 0.25) is 0 Å². The van der Waals surface area contributed by atoms with Crippen LogP contribution in [0.15, 0.2) is 24.3 Å². The van der Waals surface area contributed by atoms with Crippen molar-refractivity contribution in [2.45, 2.75) is 52.2 Å². The van der Waals surface area contributed by atoms with Gasteiger partial charge in [0, 0.05) is 0 Å². The van der Waals surface area contributed by atoms with E-state index in [1.165, 1.54) is 0 Å². The molecule has 6 heteroatoms. The topological polar surface area (TPSA) is 58.2 Å². The first-order chi connectivity index (χ1) is 14.3. The van der Waals surface area contributed by atoms with Gasteiger partial charge in [-0.1, -0.05) is 0 Å². The molecule has 0 aliphatic carbocycles. The molecule has 0 radical (unpaired) electrons. The molecular formula is C24H26BN3O2. The standard InChI is InChI=1S/C24H26BN3O2/c1-6-8-15-13-19-21(17-11-10-16(25-5)14-18(15)17)27-22(26-19)20-9-7-12-28(20)23(29)30-24(2,3)4/h10-11,13-14,20H,5,7,9,12H2,1-4H3,(H,26,27)/t20-/m0/s1. The van der Waals surface area contributed by atoms with E-state index in [4.69, 9.17) is 9.72 Å². The molecule has 0 spiro atoms. The number of aromatic nitrogens is 2. The van der Waals surface area contributed by atoms with Crippen molar-refractivity contribution in [3.05, 3.63) is 35.7 Å². The third-order valence-electron chi connectivity index (χ3n) is 5.32. The molecule has 1 saturated heterocycles. The molecule has 2 aromatic carbocycles. The van der Waals surface area contributed by atoms with Crippen LogP contribution in [0.1, 0.15) is 58.0 Å². The van der Waals surface area contributed by atoms with Crippen LogP contribution in [0.3, 0.4) is 0 Å². The summed E-state index contributed by atoms with van der Waals surface area (Å²) in [4.78, 5) is 22.9. The molecule has 1 atom stereocenters. The van der Waals surface area contributed by atoms with Crippen LogP contribution in [0.4, 0.5) is 4.79 Å². The number of hydrogen-bond acceptors (Lipinski definition) is 3. The Hall–Kier alpha value is -3.07. The van der Waals surface area contributed by atoms with E-state index < -0.39 is 5.60 Å². The Morgan fingerprint density at radius 1 is 1.33 bits per heavy atom. The predicted molar refractivity (Wildman–Crippen MR) is 124 cm³/mol. The van der Waals surface area contributed by atoms with Crippen molar-refractivity contribution in [2.75, 3.05) is 6.54 Å². The molecule has 5 nitrogen and oxygen atoms in total. The molecular weight excluding hydrogens is 373 g/mol. The van der Waals surface area contributed by atoms with Crippen molar-refractivity contribution in [2.24, 2.45) is 0 Å². The molecule has 1 amide bonds. The molecule has 0 saturated carbocycles. The molecule has 30 heavy (non-hydrogen) atoms. The molecule has 1 aliphatic heterocycles. The zero-order valence-electron chi connectivity index (χ0n) is 18.0. The molecule has 1 aromatic heterocycles. The zero-order chi connectivity index (χ0) is 21.5. The molecule has 3 aromatic rings. The molecule has 2 heterocycles. The second-order valence-electron chi connectivity index (χ2n) is 8.66. The number of likely N-dealkylation sites (tertiary alicyclic amines) is 1. The van der Waals surface area contributed by atoms with Crippen LogP contribution in [0.5, 0.6) is 0 Å². The minimum absolute atomic E-state index is 0.115. The summed E-state index contributed by atoms with van der Waals surface area (Å²) in [6.45, 7) is 13.9. The number of ether oxygens (including phenoxy) is 1. The van der Waals surface area contributed by atoms with E-state index in [2.05, 4.69) is 35.4 Å². The first-order valence-electron chi connectivity index (χ1n) is 10.3. The van der Waals surface area contributed by atoms with E-state index in [0.717, 1.165) is 51.5 Å². The number of benzene rings is 2. The van der Waals surface area contributed by atoms with E-state index >= 15 is 0 Å². The van der Waals surface area contributed by atoms with Crippen LogP contribution in [0, 0.1) is 11.8 Å². The van der Waals surface area contributed by atoms with Crippen molar-refractivity contribution in [1.82, 2.24) is 14.9 Å². The summed E-state index contributed by atoms with van der Waals surface area (Å²) in [6.07, 6.45) is 1.50. The van der Waals surface area contributed by atoms with Crippen molar-refractivity contribution in [1.29, 1.82) is 0 Å². The first kappa shape index (κ1) is 20.2. The fourth-order valence-corrected chi connectivity index (χ4v) is 4.04. The van der Waals surface area contributed by atoms with Crippen LogP contribution >= 0.6 is 0 Å². The van der Waals surface area contributed by atoms with Crippen molar-refractivity contribution >= 4 is 46.8 Å². The van der Waals surface area contributed by atoms with Gasteiger partial charge in [-0.3, -0.25) is 0 Å². The van der Waals surface area contributed by atoms with E-state index in [0.29, 0.717) is 6.54 Å². The SMILES string of the molecule is C=Bc1ccc2c(c1)c(C#CC)cc1[nH]c([C@@H]3CCCN3C(=O)OC(C)(C)C)nc12. The summed E-state index contributed by atoms with van der Waals surface area (Å²) in [6, 6.07) is 8.13. The number of imidazole rings is 1. The van der Waals surface area contributed by atoms with Crippen LogP contribution < -0.4 is 5.46 Å². The summed E-state index contributed by atoms with van der Waals surface area (Å²) in [5.74, 6) is 7.01. The molecule has 0 bridgehead atoms. The zero-order valence-corrected chi connectivity index (χ0v) is 18.0. The van der Waals surface area contributed by atoms with Gasteiger partial charge in [-0.25, -0.2) is 0 Å². The molecule has 0 unspecified atom stereocenters. The minimum atomic E-state index is -0.523. The monoisotopic (exact) mass is 399 g/mol. The Kier molecular flexibility index (Phi) is 5.15. The quantitative estimate of drug-likeness (QED) is 0.525. The predicted octanol–water partition coefficient (Wildman–Crippen LogP) is 3.92. The third kappa shape index (κ3) is 3.72. The maximum absolute atomic E-state index is 12.7. The van der Waals surface area contributed by atoms with Gasteiger partial charge in [-0.15, -0.1) is 0 Å². The number of carbonyl (C=O) groups excluding carboxylic acids is 1. The second-order valence-corrected chi connectivity index (χ2v) is 8.66. The van der Waals surface area contributed by atoms with Gasteiger partial charge in [-0.05, 0) is 20.8 Å². The number of H-pyrrole nitrogens is 1. The molecule has 4 rings (SSSR count). The number of nitrogens with one attached hydrogen (secondary N) is 1. The molecule has 1 N–H and O–H groups in total. The number of nitrogens with zero attached hydrogens (tertiary/aromatic N) is 2. The second kappa shape index (κ2) is 7.64. The summed E-state index contributed by atoms with van der Waals surface area (Å²) in [5.41, 5.74) is 3.30. The summed E-state index contributed by atoms with van der Waals surface area (Å²) >= 11 is 0. The third-order valence-corrected chi connectivity index (χ3v) is 5.32. The normalized spacial score (nSPS) is 16.4. The van der Waals surface area contributed by atoms with E-state index in [9.17, 15) is 4.79 Å². The molecule has 152 valence electrons. The maximum atomic E-state index is 12.7. The van der Waals surface area contributed by atoms with E-state index in [1.54, 1.807) is 4.90 Å². The van der Waals surface area contributed by atoms with Crippen LogP contribution in [-0.2, 0) is 4.74 Å². The van der Waals surface area contributed by atoms with Gasteiger partial charge in [0.25, 0.3) is 0 Å². The van der Waals surface area contributed by atoms with E-state index in [1.807, 2.05) is 46.7 Å². The van der Waals surface area contributed by atoms with Crippen LogP contribution in [-0.4, -0.2) is 46.5 Å². The van der Waals surface area contributed by atoms with Gasteiger partial charge < -0.3 is 0 Å². The van der Waals surface area contributed by atoms with Crippen molar-refractivity contribution in [3.63, 3.8) is 0 Å². The van der Waals surface area contributed by atoms with E-state index in [-0.39, 0.29) is 12.1 Å². The van der Waals surface area contributed by atoms with Gasteiger partial charge in [-0.2, -0.15) is 0 Å². The number of hydrogen-bond donors (Lipinski definition) is 1. The summed E-state index contributed by atoms with van der Waals surface area (Å²) in [5, 5.41) is 2.10.